The van der Waals surface area contributed by atoms with Gasteiger partial charge in [-0.05, 0) is 25.3 Å². The highest BCUT2D eigenvalue weighted by Gasteiger charge is 2.30. The van der Waals surface area contributed by atoms with Gasteiger partial charge in [-0.2, -0.15) is 4.39 Å². The number of anilines is 1. The number of aromatic nitrogens is 1. The first-order valence-electron chi connectivity index (χ1n) is 6.29. The number of amides is 1. The van der Waals surface area contributed by atoms with Gasteiger partial charge < -0.3 is 10.1 Å². The first kappa shape index (κ1) is 11.6. The quantitative estimate of drug-likeness (QED) is 0.835. The molecule has 2 heterocycles. The van der Waals surface area contributed by atoms with Gasteiger partial charge in [-0.25, -0.2) is 4.98 Å². The number of nitrogens with one attached hydrogen (secondary N) is 1. The third-order valence-corrected chi connectivity index (χ3v) is 3.45. The van der Waals surface area contributed by atoms with Crippen LogP contribution < -0.4 is 5.32 Å². The second-order valence-electron chi connectivity index (χ2n) is 4.90. The molecule has 2 fully saturated rings. The molecule has 1 aliphatic heterocycles. The van der Waals surface area contributed by atoms with Gasteiger partial charge in [-0.3, -0.25) is 4.79 Å². The topological polar surface area (TPSA) is 51.2 Å². The number of hydrogen-bond donors (Lipinski definition) is 1. The fraction of sp³-hybridized carbons (Fsp3) is 0.538. The zero-order valence-electron chi connectivity index (χ0n) is 9.99. The molecule has 1 saturated carbocycles. The minimum atomic E-state index is -0.501. The molecular weight excluding hydrogens is 235 g/mol. The SMILES string of the molecule is O=C(Nc1ccc(C2CCOC2)c(F)n1)C1CC1. The van der Waals surface area contributed by atoms with Gasteiger partial charge in [0.1, 0.15) is 5.82 Å². The molecule has 5 heteroatoms. The van der Waals surface area contributed by atoms with Crippen LogP contribution in [0.5, 0.6) is 0 Å². The first-order valence-corrected chi connectivity index (χ1v) is 6.29. The average Bonchev–Trinajstić information content (AvgIpc) is 3.07. The largest absolute Gasteiger partial charge is 0.381 e. The highest BCUT2D eigenvalue weighted by Crippen LogP contribution is 2.31. The van der Waals surface area contributed by atoms with E-state index in [1.165, 1.54) is 0 Å². The van der Waals surface area contributed by atoms with Gasteiger partial charge in [0.25, 0.3) is 0 Å². The summed E-state index contributed by atoms with van der Waals surface area (Å²) in [6.45, 7) is 1.22. The molecule has 1 amide bonds. The number of rotatable bonds is 3. The summed E-state index contributed by atoms with van der Waals surface area (Å²) >= 11 is 0. The van der Waals surface area contributed by atoms with Crippen molar-refractivity contribution in [1.82, 2.24) is 4.98 Å². The first-order chi connectivity index (χ1) is 8.74. The molecule has 0 spiro atoms. The van der Waals surface area contributed by atoms with E-state index in [4.69, 9.17) is 4.74 Å². The van der Waals surface area contributed by atoms with E-state index in [1.807, 2.05) is 0 Å². The summed E-state index contributed by atoms with van der Waals surface area (Å²) in [4.78, 5) is 15.3. The molecule has 96 valence electrons. The fourth-order valence-electron chi connectivity index (χ4n) is 2.17. The summed E-state index contributed by atoms with van der Waals surface area (Å²) in [6, 6.07) is 3.36. The van der Waals surface area contributed by atoms with Crippen molar-refractivity contribution in [3.63, 3.8) is 0 Å². The Morgan fingerprint density at radius 3 is 2.83 bits per heavy atom. The predicted molar refractivity (Wildman–Crippen MR) is 63.7 cm³/mol. The third-order valence-electron chi connectivity index (χ3n) is 3.45. The number of carbonyl (C=O) groups is 1. The predicted octanol–water partition coefficient (Wildman–Crippen LogP) is 2.07. The van der Waals surface area contributed by atoms with Crippen LogP contribution in [0.15, 0.2) is 12.1 Å². The zero-order valence-corrected chi connectivity index (χ0v) is 9.99. The third kappa shape index (κ3) is 2.36. The van der Waals surface area contributed by atoms with Crippen LogP contribution in [-0.4, -0.2) is 24.1 Å². The molecule has 0 radical (unpaired) electrons. The number of pyridine rings is 1. The standard InChI is InChI=1S/C13H15FN2O2/c14-12-10(9-5-6-18-7-9)3-4-11(15-12)16-13(17)8-1-2-8/h3-4,8-9H,1-2,5-7H2,(H,15,16,17). The van der Waals surface area contributed by atoms with Crippen molar-refractivity contribution < 1.29 is 13.9 Å². The number of halogens is 1. The Morgan fingerprint density at radius 1 is 1.39 bits per heavy atom. The molecule has 1 aliphatic carbocycles. The van der Waals surface area contributed by atoms with Crippen molar-refractivity contribution in [3.8, 4) is 0 Å². The second kappa shape index (κ2) is 4.65. The molecule has 1 atom stereocenters. The van der Waals surface area contributed by atoms with Crippen LogP contribution in [0.3, 0.4) is 0 Å². The van der Waals surface area contributed by atoms with Crippen LogP contribution in [0, 0.1) is 11.9 Å². The highest BCUT2D eigenvalue weighted by atomic mass is 19.1. The van der Waals surface area contributed by atoms with Crippen LogP contribution in [-0.2, 0) is 9.53 Å². The molecule has 4 nitrogen and oxygen atoms in total. The van der Waals surface area contributed by atoms with E-state index in [0.29, 0.717) is 24.6 Å². The van der Waals surface area contributed by atoms with Crippen molar-refractivity contribution in [3.05, 3.63) is 23.6 Å². The molecule has 1 saturated heterocycles. The molecule has 0 bridgehead atoms. The summed E-state index contributed by atoms with van der Waals surface area (Å²) < 4.78 is 19.1. The molecule has 2 aliphatic rings. The number of ether oxygens (including phenoxy) is 1. The van der Waals surface area contributed by atoms with Crippen molar-refractivity contribution in [2.45, 2.75) is 25.2 Å². The molecule has 1 aromatic heterocycles. The minimum Gasteiger partial charge on any atom is -0.381 e. The Kier molecular flexibility index (Phi) is 2.99. The molecule has 1 unspecified atom stereocenters. The monoisotopic (exact) mass is 250 g/mol. The van der Waals surface area contributed by atoms with Crippen LogP contribution in [0.2, 0.25) is 0 Å². The van der Waals surface area contributed by atoms with Gasteiger partial charge in [0.05, 0.1) is 6.61 Å². The van der Waals surface area contributed by atoms with Crippen LogP contribution >= 0.6 is 0 Å². The molecular formula is C13H15FN2O2. The van der Waals surface area contributed by atoms with Crippen LogP contribution in [0.4, 0.5) is 10.2 Å². The number of carbonyl (C=O) groups excluding carboxylic acids is 1. The van der Waals surface area contributed by atoms with Gasteiger partial charge >= 0.3 is 0 Å². The van der Waals surface area contributed by atoms with Crippen LogP contribution in [0.25, 0.3) is 0 Å². The minimum absolute atomic E-state index is 0.0566. The van der Waals surface area contributed by atoms with Crippen molar-refractivity contribution in [1.29, 1.82) is 0 Å². The van der Waals surface area contributed by atoms with Crippen molar-refractivity contribution in [2.75, 3.05) is 18.5 Å². The lowest BCUT2D eigenvalue weighted by Crippen LogP contribution is -2.15. The Hall–Kier alpha value is -1.49. The zero-order chi connectivity index (χ0) is 12.5. The van der Waals surface area contributed by atoms with E-state index in [-0.39, 0.29) is 17.7 Å². The van der Waals surface area contributed by atoms with E-state index < -0.39 is 5.95 Å². The normalized spacial score (nSPS) is 23.1. The Morgan fingerprint density at radius 2 is 2.22 bits per heavy atom. The Bertz CT molecular complexity index is 468. The highest BCUT2D eigenvalue weighted by molar-refractivity contribution is 5.93. The smallest absolute Gasteiger partial charge is 0.228 e. The molecule has 1 N–H and O–H groups in total. The Labute approximate surface area is 105 Å². The van der Waals surface area contributed by atoms with E-state index in [0.717, 1.165) is 19.3 Å². The lowest BCUT2D eigenvalue weighted by atomic mass is 10.0. The average molecular weight is 250 g/mol. The lowest BCUT2D eigenvalue weighted by molar-refractivity contribution is -0.117. The maximum atomic E-state index is 13.9. The van der Waals surface area contributed by atoms with E-state index in [9.17, 15) is 9.18 Å². The molecule has 3 rings (SSSR count). The number of hydrogen-bond acceptors (Lipinski definition) is 3. The van der Waals surface area contributed by atoms with Gasteiger partial charge in [0.15, 0.2) is 0 Å². The molecule has 18 heavy (non-hydrogen) atoms. The van der Waals surface area contributed by atoms with Crippen molar-refractivity contribution in [2.24, 2.45) is 5.92 Å². The molecule has 0 aromatic carbocycles. The fourth-order valence-corrected chi connectivity index (χ4v) is 2.17. The van der Waals surface area contributed by atoms with Gasteiger partial charge in [0.2, 0.25) is 11.9 Å². The van der Waals surface area contributed by atoms with Gasteiger partial charge in [-0.1, -0.05) is 6.07 Å². The second-order valence-corrected chi connectivity index (χ2v) is 4.90. The van der Waals surface area contributed by atoms with E-state index in [1.54, 1.807) is 12.1 Å². The lowest BCUT2D eigenvalue weighted by Gasteiger charge is -2.10. The molecule has 1 aromatic rings. The van der Waals surface area contributed by atoms with Gasteiger partial charge in [-0.15, -0.1) is 0 Å². The summed E-state index contributed by atoms with van der Waals surface area (Å²) in [7, 11) is 0. The summed E-state index contributed by atoms with van der Waals surface area (Å²) in [5.74, 6) is -0.0755. The van der Waals surface area contributed by atoms with E-state index in [2.05, 4.69) is 10.3 Å². The summed E-state index contributed by atoms with van der Waals surface area (Å²) in [6.07, 6.45) is 2.67. The maximum Gasteiger partial charge on any atom is 0.228 e. The number of nitrogens with zero attached hydrogens (tertiary/aromatic N) is 1. The van der Waals surface area contributed by atoms with Gasteiger partial charge in [0, 0.05) is 24.0 Å². The summed E-state index contributed by atoms with van der Waals surface area (Å²) in [5.41, 5.74) is 0.580. The summed E-state index contributed by atoms with van der Waals surface area (Å²) in [5, 5.41) is 2.64. The van der Waals surface area contributed by atoms with Crippen molar-refractivity contribution >= 4 is 11.7 Å². The maximum absolute atomic E-state index is 13.9. The Balaban J connectivity index is 1.73. The van der Waals surface area contributed by atoms with E-state index >= 15 is 0 Å². The van der Waals surface area contributed by atoms with Crippen LogP contribution in [0.1, 0.15) is 30.7 Å².